The maximum Gasteiger partial charge on any atom is 0.228 e. The zero-order chi connectivity index (χ0) is 20.1. The predicted molar refractivity (Wildman–Crippen MR) is 115 cm³/mol. The summed E-state index contributed by atoms with van der Waals surface area (Å²) in [5, 5.41) is 4.37. The minimum atomic E-state index is 0.0779. The molecule has 28 heavy (non-hydrogen) atoms. The van der Waals surface area contributed by atoms with Crippen molar-refractivity contribution in [3.63, 3.8) is 0 Å². The fourth-order valence-electron chi connectivity index (χ4n) is 3.21. The standard InChI is InChI=1S/C21H24Cl2N4O/c1-3-11-26(12-10-24-2)20(28)13-18-21(15-4-6-16(22)7-5-15)25-19-9-8-17(23)14-27(18)19/h4-9,14,24H,3,10-13H2,1-2H3. The van der Waals surface area contributed by atoms with E-state index in [-0.39, 0.29) is 12.3 Å². The number of carbonyl (C=O) groups excluding carboxylic acids is 1. The van der Waals surface area contributed by atoms with Gasteiger partial charge < -0.3 is 14.6 Å². The average Bonchev–Trinajstić information content (AvgIpc) is 3.03. The van der Waals surface area contributed by atoms with Crippen LogP contribution in [0.1, 0.15) is 19.0 Å². The Balaban J connectivity index is 2.02. The molecular weight excluding hydrogens is 395 g/mol. The van der Waals surface area contributed by atoms with Gasteiger partial charge in [0.05, 0.1) is 22.8 Å². The van der Waals surface area contributed by atoms with Crippen molar-refractivity contribution in [1.29, 1.82) is 0 Å². The SMILES string of the molecule is CCCN(CCNC)C(=O)Cc1c(-c2ccc(Cl)cc2)nc2ccc(Cl)cn12. The summed E-state index contributed by atoms with van der Waals surface area (Å²) in [4.78, 5) is 19.7. The highest BCUT2D eigenvalue weighted by Crippen LogP contribution is 2.27. The molecule has 2 heterocycles. The molecule has 0 spiro atoms. The van der Waals surface area contributed by atoms with Crippen LogP contribution in [0.25, 0.3) is 16.9 Å². The van der Waals surface area contributed by atoms with Gasteiger partial charge in [-0.2, -0.15) is 0 Å². The topological polar surface area (TPSA) is 49.6 Å². The fraction of sp³-hybridized carbons (Fsp3) is 0.333. The molecule has 0 fully saturated rings. The molecule has 5 nitrogen and oxygen atoms in total. The maximum absolute atomic E-state index is 13.1. The predicted octanol–water partition coefficient (Wildman–Crippen LogP) is 4.31. The molecule has 1 N–H and O–H groups in total. The second-order valence-corrected chi connectivity index (χ2v) is 7.52. The highest BCUT2D eigenvalue weighted by Gasteiger charge is 2.20. The van der Waals surface area contributed by atoms with Gasteiger partial charge in [0.2, 0.25) is 5.91 Å². The number of halogens is 2. The number of pyridine rings is 1. The molecule has 0 aliphatic carbocycles. The summed E-state index contributed by atoms with van der Waals surface area (Å²) < 4.78 is 1.91. The van der Waals surface area contributed by atoms with Gasteiger partial charge in [0, 0.05) is 36.4 Å². The van der Waals surface area contributed by atoms with E-state index in [2.05, 4.69) is 12.2 Å². The number of nitrogens with zero attached hydrogens (tertiary/aromatic N) is 3. The third-order valence-electron chi connectivity index (χ3n) is 4.60. The number of rotatable bonds is 8. The molecule has 3 rings (SSSR count). The summed E-state index contributed by atoms with van der Waals surface area (Å²) in [6.07, 6.45) is 2.98. The first-order valence-corrected chi connectivity index (χ1v) is 10.1. The molecule has 0 saturated heterocycles. The van der Waals surface area contributed by atoms with Gasteiger partial charge in [0.25, 0.3) is 0 Å². The quantitative estimate of drug-likeness (QED) is 0.592. The van der Waals surface area contributed by atoms with Crippen molar-refractivity contribution in [1.82, 2.24) is 19.6 Å². The molecule has 0 radical (unpaired) electrons. The second-order valence-electron chi connectivity index (χ2n) is 6.65. The first-order chi connectivity index (χ1) is 13.5. The number of nitrogens with one attached hydrogen (secondary N) is 1. The minimum Gasteiger partial charge on any atom is -0.341 e. The van der Waals surface area contributed by atoms with E-state index >= 15 is 0 Å². The molecule has 0 aliphatic heterocycles. The first-order valence-electron chi connectivity index (χ1n) is 9.38. The minimum absolute atomic E-state index is 0.0779. The molecule has 0 bridgehead atoms. The third-order valence-corrected chi connectivity index (χ3v) is 5.07. The van der Waals surface area contributed by atoms with E-state index in [1.807, 2.05) is 52.9 Å². The van der Waals surface area contributed by atoms with Gasteiger partial charge in [-0.1, -0.05) is 42.3 Å². The number of fused-ring (bicyclic) bond motifs is 1. The Morgan fingerprint density at radius 1 is 1.11 bits per heavy atom. The number of imidazole rings is 1. The Labute approximate surface area is 175 Å². The first kappa shape index (κ1) is 20.6. The van der Waals surface area contributed by atoms with Gasteiger partial charge in [0.1, 0.15) is 5.65 Å². The van der Waals surface area contributed by atoms with E-state index in [0.717, 1.165) is 42.1 Å². The van der Waals surface area contributed by atoms with Crippen molar-refractivity contribution >= 4 is 34.8 Å². The lowest BCUT2D eigenvalue weighted by molar-refractivity contribution is -0.130. The number of likely N-dealkylation sites (N-methyl/N-ethyl adjacent to an activating group) is 1. The zero-order valence-electron chi connectivity index (χ0n) is 16.1. The van der Waals surface area contributed by atoms with Crippen molar-refractivity contribution in [3.05, 3.63) is 58.3 Å². The summed E-state index contributed by atoms with van der Waals surface area (Å²) in [5.41, 5.74) is 3.28. The Morgan fingerprint density at radius 2 is 1.82 bits per heavy atom. The van der Waals surface area contributed by atoms with Gasteiger partial charge in [-0.05, 0) is 37.7 Å². The maximum atomic E-state index is 13.1. The smallest absolute Gasteiger partial charge is 0.228 e. The lowest BCUT2D eigenvalue weighted by Crippen LogP contribution is -2.37. The van der Waals surface area contributed by atoms with Crippen molar-refractivity contribution in [2.24, 2.45) is 0 Å². The summed E-state index contributed by atoms with van der Waals surface area (Å²) in [6, 6.07) is 11.2. The van der Waals surface area contributed by atoms with E-state index in [1.54, 1.807) is 6.07 Å². The Bertz CT molecular complexity index is 953. The molecule has 0 aliphatic rings. The molecule has 7 heteroatoms. The number of carbonyl (C=O) groups is 1. The number of amides is 1. The van der Waals surface area contributed by atoms with Crippen LogP contribution in [0.5, 0.6) is 0 Å². The summed E-state index contributed by atoms with van der Waals surface area (Å²) >= 11 is 12.3. The van der Waals surface area contributed by atoms with Crippen molar-refractivity contribution in [2.45, 2.75) is 19.8 Å². The normalized spacial score (nSPS) is 11.1. The lowest BCUT2D eigenvalue weighted by atomic mass is 10.1. The average molecular weight is 419 g/mol. The second kappa shape index (κ2) is 9.41. The molecule has 148 valence electrons. The molecule has 2 aromatic heterocycles. The van der Waals surface area contributed by atoms with Crippen LogP contribution in [-0.2, 0) is 11.2 Å². The van der Waals surface area contributed by atoms with Gasteiger partial charge >= 0.3 is 0 Å². The number of benzene rings is 1. The van der Waals surface area contributed by atoms with Crippen molar-refractivity contribution in [3.8, 4) is 11.3 Å². The molecule has 3 aromatic rings. The third kappa shape index (κ3) is 4.66. The van der Waals surface area contributed by atoms with E-state index in [9.17, 15) is 4.79 Å². The Hall–Kier alpha value is -2.08. The largest absolute Gasteiger partial charge is 0.341 e. The van der Waals surface area contributed by atoms with Gasteiger partial charge in [0.15, 0.2) is 0 Å². The summed E-state index contributed by atoms with van der Waals surface area (Å²) in [5.74, 6) is 0.0779. The van der Waals surface area contributed by atoms with E-state index in [1.165, 1.54) is 0 Å². The number of aromatic nitrogens is 2. The van der Waals surface area contributed by atoms with Gasteiger partial charge in [-0.3, -0.25) is 4.79 Å². The fourth-order valence-corrected chi connectivity index (χ4v) is 3.49. The van der Waals surface area contributed by atoms with Crippen LogP contribution in [-0.4, -0.2) is 46.9 Å². The summed E-state index contributed by atoms with van der Waals surface area (Å²) in [7, 11) is 1.89. The lowest BCUT2D eigenvalue weighted by Gasteiger charge is -2.22. The Morgan fingerprint density at radius 3 is 2.50 bits per heavy atom. The van der Waals surface area contributed by atoms with Crippen LogP contribution in [0.3, 0.4) is 0 Å². The molecule has 1 aromatic carbocycles. The van der Waals surface area contributed by atoms with Crippen LogP contribution < -0.4 is 5.32 Å². The van der Waals surface area contributed by atoms with E-state index in [0.29, 0.717) is 16.6 Å². The number of hydrogen-bond donors (Lipinski definition) is 1. The monoisotopic (exact) mass is 418 g/mol. The zero-order valence-corrected chi connectivity index (χ0v) is 17.6. The van der Waals surface area contributed by atoms with Crippen LogP contribution >= 0.6 is 23.2 Å². The van der Waals surface area contributed by atoms with Gasteiger partial charge in [-0.25, -0.2) is 4.98 Å². The van der Waals surface area contributed by atoms with Crippen molar-refractivity contribution < 1.29 is 4.79 Å². The molecule has 0 atom stereocenters. The molecular formula is C21H24Cl2N4O. The highest BCUT2D eigenvalue weighted by molar-refractivity contribution is 6.30. The van der Waals surface area contributed by atoms with Crippen LogP contribution in [0.4, 0.5) is 0 Å². The van der Waals surface area contributed by atoms with Gasteiger partial charge in [-0.15, -0.1) is 0 Å². The highest BCUT2D eigenvalue weighted by atomic mass is 35.5. The van der Waals surface area contributed by atoms with Crippen molar-refractivity contribution in [2.75, 3.05) is 26.7 Å². The Kier molecular flexibility index (Phi) is 6.94. The summed E-state index contributed by atoms with van der Waals surface area (Å²) in [6.45, 7) is 4.24. The molecule has 0 unspecified atom stereocenters. The van der Waals surface area contributed by atoms with Crippen LogP contribution in [0.15, 0.2) is 42.6 Å². The molecule has 0 saturated carbocycles. The number of hydrogen-bond acceptors (Lipinski definition) is 3. The van der Waals surface area contributed by atoms with E-state index in [4.69, 9.17) is 28.2 Å². The van der Waals surface area contributed by atoms with Crippen LogP contribution in [0.2, 0.25) is 10.0 Å². The van der Waals surface area contributed by atoms with Crippen LogP contribution in [0, 0.1) is 0 Å². The molecule has 1 amide bonds. The van der Waals surface area contributed by atoms with E-state index < -0.39 is 0 Å².